The van der Waals surface area contributed by atoms with Gasteiger partial charge in [0.1, 0.15) is 5.75 Å². The van der Waals surface area contributed by atoms with E-state index in [-0.39, 0.29) is 5.91 Å². The summed E-state index contributed by atoms with van der Waals surface area (Å²) in [5, 5.41) is 9.61. The van der Waals surface area contributed by atoms with E-state index in [9.17, 15) is 4.79 Å². The molecule has 2 aromatic heterocycles. The van der Waals surface area contributed by atoms with Crippen LogP contribution in [-0.4, -0.2) is 53.8 Å². The summed E-state index contributed by atoms with van der Waals surface area (Å²) in [6.07, 6.45) is 0. The zero-order valence-corrected chi connectivity index (χ0v) is 16.0. The quantitative estimate of drug-likeness (QED) is 0.734. The number of benzene rings is 1. The number of para-hydroxylation sites is 1. The second kappa shape index (κ2) is 7.84. The van der Waals surface area contributed by atoms with Gasteiger partial charge in [0, 0.05) is 32.2 Å². The van der Waals surface area contributed by atoms with Gasteiger partial charge in [0.15, 0.2) is 5.82 Å². The van der Waals surface area contributed by atoms with Crippen LogP contribution in [0.15, 0.2) is 47.8 Å². The predicted molar refractivity (Wildman–Crippen MR) is 108 cm³/mol. The van der Waals surface area contributed by atoms with Gasteiger partial charge in [-0.1, -0.05) is 18.2 Å². The molecule has 0 radical (unpaired) electrons. The Morgan fingerprint density at radius 2 is 2.00 bits per heavy atom. The summed E-state index contributed by atoms with van der Waals surface area (Å²) in [4.78, 5) is 18.2. The molecule has 1 fully saturated rings. The largest absolute Gasteiger partial charge is 0.493 e. The molecule has 1 N–H and O–H groups in total. The average Bonchev–Trinajstić information content (AvgIpc) is 3.40. The molecule has 0 unspecified atom stereocenters. The van der Waals surface area contributed by atoms with E-state index in [1.165, 1.54) is 4.88 Å². The molecule has 1 amide bonds. The maximum Gasteiger partial charge on any atom is 0.257 e. The van der Waals surface area contributed by atoms with E-state index in [0.29, 0.717) is 31.0 Å². The Labute approximate surface area is 162 Å². The Morgan fingerprint density at radius 3 is 2.74 bits per heavy atom. The zero-order valence-electron chi connectivity index (χ0n) is 15.2. The monoisotopic (exact) mass is 382 g/mol. The predicted octanol–water partition coefficient (Wildman–Crippen LogP) is 3.50. The fourth-order valence-electron chi connectivity index (χ4n) is 3.26. The van der Waals surface area contributed by atoms with Crippen LogP contribution in [0.4, 0.5) is 5.82 Å². The molecule has 0 aliphatic carbocycles. The van der Waals surface area contributed by atoms with Crippen LogP contribution in [-0.2, 0) is 0 Å². The highest BCUT2D eigenvalue weighted by Crippen LogP contribution is 2.27. The standard InChI is InChI=1S/C20H22N4O2S/c1-2-26-17-7-4-3-6-15(17)20(25)24-11-9-23(10-12-24)19-14-16(21-22-19)18-8-5-13-27-18/h3-8,13-14H,2,9-12H2,1H3,(H,21,22). The van der Waals surface area contributed by atoms with E-state index < -0.39 is 0 Å². The SMILES string of the molecule is CCOc1ccccc1C(=O)N1CCN(c2cc(-c3cccs3)[nH]n2)CC1. The van der Waals surface area contributed by atoms with Crippen molar-refractivity contribution in [3.63, 3.8) is 0 Å². The van der Waals surface area contributed by atoms with Gasteiger partial charge in [-0.15, -0.1) is 11.3 Å². The lowest BCUT2D eigenvalue weighted by Gasteiger charge is -2.35. The molecule has 4 rings (SSSR count). The first-order chi connectivity index (χ1) is 13.3. The van der Waals surface area contributed by atoms with Crippen molar-refractivity contribution in [3.8, 4) is 16.3 Å². The first-order valence-corrected chi connectivity index (χ1v) is 9.99. The number of hydrogen-bond donors (Lipinski definition) is 1. The zero-order chi connectivity index (χ0) is 18.6. The molecule has 7 heteroatoms. The van der Waals surface area contributed by atoms with Crippen LogP contribution in [0.1, 0.15) is 17.3 Å². The van der Waals surface area contributed by atoms with Gasteiger partial charge in [-0.2, -0.15) is 5.10 Å². The van der Waals surface area contributed by atoms with Crippen molar-refractivity contribution >= 4 is 23.1 Å². The number of nitrogens with one attached hydrogen (secondary N) is 1. The van der Waals surface area contributed by atoms with Crippen LogP contribution in [0, 0.1) is 0 Å². The number of amides is 1. The van der Waals surface area contributed by atoms with Gasteiger partial charge in [-0.05, 0) is 30.5 Å². The van der Waals surface area contributed by atoms with Crippen molar-refractivity contribution in [2.75, 3.05) is 37.7 Å². The Morgan fingerprint density at radius 1 is 1.19 bits per heavy atom. The smallest absolute Gasteiger partial charge is 0.257 e. The molecule has 6 nitrogen and oxygen atoms in total. The second-order valence-electron chi connectivity index (χ2n) is 6.33. The van der Waals surface area contributed by atoms with E-state index in [2.05, 4.69) is 32.6 Å². The molecule has 0 spiro atoms. The lowest BCUT2D eigenvalue weighted by molar-refractivity contribution is 0.0742. The normalized spacial score (nSPS) is 14.4. The third kappa shape index (κ3) is 3.68. The first-order valence-electron chi connectivity index (χ1n) is 9.11. The molecule has 27 heavy (non-hydrogen) atoms. The molecular weight excluding hydrogens is 360 g/mol. The lowest BCUT2D eigenvalue weighted by atomic mass is 10.1. The third-order valence-corrected chi connectivity index (χ3v) is 5.56. The summed E-state index contributed by atoms with van der Waals surface area (Å²) >= 11 is 1.69. The van der Waals surface area contributed by atoms with Gasteiger partial charge in [-0.3, -0.25) is 9.89 Å². The summed E-state index contributed by atoms with van der Waals surface area (Å²) in [6, 6.07) is 13.6. The van der Waals surface area contributed by atoms with Crippen LogP contribution >= 0.6 is 11.3 Å². The van der Waals surface area contributed by atoms with E-state index in [0.717, 1.165) is 24.6 Å². The highest BCUT2D eigenvalue weighted by Gasteiger charge is 2.25. The topological polar surface area (TPSA) is 61.5 Å². The number of aromatic nitrogens is 2. The minimum atomic E-state index is 0.0278. The van der Waals surface area contributed by atoms with Gasteiger partial charge < -0.3 is 14.5 Å². The number of aromatic amines is 1. The highest BCUT2D eigenvalue weighted by atomic mass is 32.1. The summed E-state index contributed by atoms with van der Waals surface area (Å²) in [5.41, 5.74) is 1.66. The van der Waals surface area contributed by atoms with Crippen LogP contribution < -0.4 is 9.64 Å². The number of rotatable bonds is 5. The summed E-state index contributed by atoms with van der Waals surface area (Å²) in [5.74, 6) is 1.61. The molecule has 0 saturated carbocycles. The average molecular weight is 382 g/mol. The van der Waals surface area contributed by atoms with Crippen LogP contribution in [0.2, 0.25) is 0 Å². The number of anilines is 1. The summed E-state index contributed by atoms with van der Waals surface area (Å²) in [7, 11) is 0. The Balaban J connectivity index is 1.41. The third-order valence-electron chi connectivity index (χ3n) is 4.66. The van der Waals surface area contributed by atoms with E-state index >= 15 is 0 Å². The number of ether oxygens (including phenoxy) is 1. The molecule has 0 atom stereocenters. The molecule has 3 aromatic rings. The number of carbonyl (C=O) groups is 1. The maximum atomic E-state index is 12.9. The molecule has 1 aliphatic heterocycles. The van der Waals surface area contributed by atoms with Crippen molar-refractivity contribution in [1.29, 1.82) is 0 Å². The minimum absolute atomic E-state index is 0.0278. The van der Waals surface area contributed by atoms with Crippen LogP contribution in [0.25, 0.3) is 10.6 Å². The van der Waals surface area contributed by atoms with E-state index in [4.69, 9.17) is 4.74 Å². The Kier molecular flexibility index (Phi) is 5.11. The molecular formula is C20H22N4O2S. The van der Waals surface area contributed by atoms with E-state index in [1.807, 2.05) is 42.2 Å². The number of hydrogen-bond acceptors (Lipinski definition) is 5. The number of nitrogens with zero attached hydrogens (tertiary/aromatic N) is 3. The van der Waals surface area contributed by atoms with Gasteiger partial charge in [0.05, 0.1) is 22.7 Å². The van der Waals surface area contributed by atoms with Gasteiger partial charge in [0.25, 0.3) is 5.91 Å². The molecule has 1 saturated heterocycles. The van der Waals surface area contributed by atoms with Crippen LogP contribution in [0.3, 0.4) is 0 Å². The summed E-state index contributed by atoms with van der Waals surface area (Å²) in [6.45, 7) is 5.33. The fraction of sp³-hybridized carbons (Fsp3) is 0.300. The minimum Gasteiger partial charge on any atom is -0.493 e. The summed E-state index contributed by atoms with van der Waals surface area (Å²) < 4.78 is 5.61. The molecule has 1 aromatic carbocycles. The molecule has 1 aliphatic rings. The van der Waals surface area contributed by atoms with Crippen molar-refractivity contribution in [1.82, 2.24) is 15.1 Å². The first kappa shape index (κ1) is 17.6. The number of thiophene rings is 1. The Bertz CT molecular complexity index is 898. The van der Waals surface area contributed by atoms with Gasteiger partial charge in [-0.25, -0.2) is 0 Å². The number of piperazine rings is 1. The molecule has 0 bridgehead atoms. The molecule has 140 valence electrons. The van der Waals surface area contributed by atoms with Gasteiger partial charge >= 0.3 is 0 Å². The Hall–Kier alpha value is -2.80. The van der Waals surface area contributed by atoms with E-state index in [1.54, 1.807) is 11.3 Å². The van der Waals surface area contributed by atoms with Crippen molar-refractivity contribution in [2.45, 2.75) is 6.92 Å². The molecule has 3 heterocycles. The van der Waals surface area contributed by atoms with Gasteiger partial charge in [0.2, 0.25) is 0 Å². The highest BCUT2D eigenvalue weighted by molar-refractivity contribution is 7.13. The maximum absolute atomic E-state index is 12.9. The van der Waals surface area contributed by atoms with Crippen molar-refractivity contribution in [3.05, 3.63) is 53.4 Å². The van der Waals surface area contributed by atoms with Crippen molar-refractivity contribution < 1.29 is 9.53 Å². The number of H-pyrrole nitrogens is 1. The van der Waals surface area contributed by atoms with Crippen molar-refractivity contribution in [2.24, 2.45) is 0 Å². The second-order valence-corrected chi connectivity index (χ2v) is 7.27. The lowest BCUT2D eigenvalue weighted by Crippen LogP contribution is -2.49. The number of carbonyl (C=O) groups excluding carboxylic acids is 1. The fourth-order valence-corrected chi connectivity index (χ4v) is 3.96. The van der Waals surface area contributed by atoms with Crippen LogP contribution in [0.5, 0.6) is 5.75 Å².